The first kappa shape index (κ1) is 36.3. The molecule has 1 aliphatic carbocycles. The highest BCUT2D eigenvalue weighted by molar-refractivity contribution is 6.16. The van der Waals surface area contributed by atoms with Crippen LogP contribution in [-0.2, 0) is 0 Å². The lowest BCUT2D eigenvalue weighted by atomic mass is 9.95. The third kappa shape index (κ3) is 5.97. The number of furan rings is 1. The Balaban J connectivity index is 1.03. The van der Waals surface area contributed by atoms with Gasteiger partial charge in [0.15, 0.2) is 23.1 Å². The van der Waals surface area contributed by atoms with E-state index in [-0.39, 0.29) is 0 Å². The van der Waals surface area contributed by atoms with Crippen LogP contribution in [0.1, 0.15) is 18.4 Å². The fourth-order valence-corrected chi connectivity index (χ4v) is 9.74. The molecule has 13 rings (SSSR count). The van der Waals surface area contributed by atoms with Gasteiger partial charge in [-0.3, -0.25) is 0 Å². The molecule has 0 saturated carbocycles. The summed E-state index contributed by atoms with van der Waals surface area (Å²) in [4.78, 5) is 15.7. The lowest BCUT2D eigenvalue weighted by molar-refractivity contribution is 0.666. The van der Waals surface area contributed by atoms with E-state index in [0.717, 1.165) is 79.0 Å². The van der Waals surface area contributed by atoms with Crippen molar-refractivity contribution in [1.29, 1.82) is 0 Å². The van der Waals surface area contributed by atoms with E-state index in [1.165, 1.54) is 43.8 Å². The molecule has 0 amide bonds. The predicted molar refractivity (Wildman–Crippen MR) is 265 cm³/mol. The molecule has 5 nitrogen and oxygen atoms in total. The molecule has 0 bridgehead atoms. The SMILES string of the molecule is C1=CCCC(c2ccc3c(c2)c2cc(-c4ccccc4)ccc2n3-c2cccc3c2oc2cccc(-c4nc(-c5ccc6ccccc6c5)nc(-c5ccc6ccccc6c5)n4)c23)=C1. The van der Waals surface area contributed by atoms with Gasteiger partial charge in [0.1, 0.15) is 5.58 Å². The fraction of sp³-hybridized carbons (Fsp3) is 0.0339. The zero-order valence-corrected chi connectivity index (χ0v) is 34.7. The summed E-state index contributed by atoms with van der Waals surface area (Å²) in [5.41, 5.74) is 12.5. The quantitative estimate of drug-likeness (QED) is 0.168. The van der Waals surface area contributed by atoms with Gasteiger partial charge < -0.3 is 8.98 Å². The van der Waals surface area contributed by atoms with Gasteiger partial charge in [-0.15, -0.1) is 0 Å². The molecule has 64 heavy (non-hydrogen) atoms. The standard InChI is InChI=1S/C59H38N4O/c1-3-13-37(14-4-1)43-29-31-51-49(35-43)50-36-44(38-15-5-2-6-16-38)30-32-52(50)63(51)53-23-11-21-47-55-48(22-12-24-54(55)64-56(47)53)59-61-57(45-27-25-39-17-7-9-19-41(39)33-45)60-58(62-59)46-28-26-40-18-8-10-20-42(40)34-46/h1-5,7-15,17-36H,6,16H2. The van der Waals surface area contributed by atoms with Gasteiger partial charge in [0.05, 0.1) is 16.7 Å². The summed E-state index contributed by atoms with van der Waals surface area (Å²) in [5, 5.41) is 8.96. The van der Waals surface area contributed by atoms with Gasteiger partial charge in [-0.2, -0.15) is 0 Å². The molecule has 9 aromatic carbocycles. The van der Waals surface area contributed by atoms with Crippen LogP contribution in [0.25, 0.3) is 122 Å². The van der Waals surface area contributed by atoms with Crippen molar-refractivity contribution in [2.24, 2.45) is 0 Å². The second-order valence-corrected chi connectivity index (χ2v) is 16.7. The molecule has 3 heterocycles. The molecule has 300 valence electrons. The minimum atomic E-state index is 0.588. The summed E-state index contributed by atoms with van der Waals surface area (Å²) < 4.78 is 9.37. The monoisotopic (exact) mass is 818 g/mol. The van der Waals surface area contributed by atoms with E-state index in [1.54, 1.807) is 0 Å². The Bertz CT molecular complexity index is 3810. The zero-order valence-electron chi connectivity index (χ0n) is 34.7. The van der Waals surface area contributed by atoms with Crippen LogP contribution >= 0.6 is 0 Å². The van der Waals surface area contributed by atoms with Crippen LogP contribution in [0.15, 0.2) is 211 Å². The highest BCUT2D eigenvalue weighted by atomic mass is 16.3. The molecule has 0 saturated heterocycles. The average Bonchev–Trinajstić information content (AvgIpc) is 3.92. The number of nitrogens with zero attached hydrogens (tertiary/aromatic N) is 4. The van der Waals surface area contributed by atoms with Crippen LogP contribution in [0.5, 0.6) is 0 Å². The van der Waals surface area contributed by atoms with E-state index in [0.29, 0.717) is 17.5 Å². The summed E-state index contributed by atoms with van der Waals surface area (Å²) in [5.74, 6) is 1.82. The van der Waals surface area contributed by atoms with Gasteiger partial charge in [0, 0.05) is 38.2 Å². The summed E-state index contributed by atoms with van der Waals surface area (Å²) in [6, 6.07) is 66.7. The van der Waals surface area contributed by atoms with Crippen molar-refractivity contribution in [1.82, 2.24) is 19.5 Å². The first-order valence-corrected chi connectivity index (χ1v) is 21.9. The zero-order chi connectivity index (χ0) is 42.1. The minimum absolute atomic E-state index is 0.588. The molecule has 0 atom stereocenters. The van der Waals surface area contributed by atoms with Crippen molar-refractivity contribution in [3.8, 4) is 51.0 Å². The Hall–Kier alpha value is -8.41. The lowest BCUT2D eigenvalue weighted by Crippen LogP contribution is -2.00. The lowest BCUT2D eigenvalue weighted by Gasteiger charge is -2.11. The third-order valence-electron chi connectivity index (χ3n) is 12.9. The Morgan fingerprint density at radius 3 is 1.73 bits per heavy atom. The van der Waals surface area contributed by atoms with Crippen LogP contribution in [0, 0.1) is 0 Å². The van der Waals surface area contributed by atoms with Crippen molar-refractivity contribution in [3.63, 3.8) is 0 Å². The molecule has 0 radical (unpaired) electrons. The number of rotatable bonds is 6. The summed E-state index contributed by atoms with van der Waals surface area (Å²) in [6.07, 6.45) is 8.77. The second kappa shape index (κ2) is 14.6. The van der Waals surface area contributed by atoms with Crippen molar-refractivity contribution in [2.75, 3.05) is 0 Å². The maximum absolute atomic E-state index is 7.00. The second-order valence-electron chi connectivity index (χ2n) is 16.7. The van der Waals surface area contributed by atoms with Gasteiger partial charge in [-0.25, -0.2) is 15.0 Å². The molecule has 3 aromatic heterocycles. The molecular weight excluding hydrogens is 781 g/mol. The fourth-order valence-electron chi connectivity index (χ4n) is 9.74. The smallest absolute Gasteiger partial charge is 0.164 e. The number of hydrogen-bond donors (Lipinski definition) is 0. The molecule has 0 unspecified atom stereocenters. The summed E-state index contributed by atoms with van der Waals surface area (Å²) in [6.45, 7) is 0. The summed E-state index contributed by atoms with van der Waals surface area (Å²) >= 11 is 0. The Labute approximate surface area is 368 Å². The largest absolute Gasteiger partial charge is 0.454 e. The topological polar surface area (TPSA) is 56.7 Å². The maximum atomic E-state index is 7.00. The first-order chi connectivity index (χ1) is 31.7. The van der Waals surface area contributed by atoms with E-state index in [4.69, 9.17) is 19.4 Å². The van der Waals surface area contributed by atoms with Crippen LogP contribution in [0.3, 0.4) is 0 Å². The molecule has 12 aromatic rings. The average molecular weight is 819 g/mol. The molecule has 0 fully saturated rings. The van der Waals surface area contributed by atoms with E-state index in [2.05, 4.69) is 205 Å². The highest BCUT2D eigenvalue weighted by Gasteiger charge is 2.22. The number of fused-ring (bicyclic) bond motifs is 8. The van der Waals surface area contributed by atoms with E-state index in [9.17, 15) is 0 Å². The summed E-state index contributed by atoms with van der Waals surface area (Å²) in [7, 11) is 0. The molecular formula is C59H38N4O. The predicted octanol–water partition coefficient (Wildman–Crippen LogP) is 15.6. The third-order valence-corrected chi connectivity index (χ3v) is 12.9. The van der Waals surface area contributed by atoms with E-state index >= 15 is 0 Å². The number of benzene rings is 9. The van der Waals surface area contributed by atoms with Gasteiger partial charge in [0.2, 0.25) is 0 Å². The van der Waals surface area contributed by atoms with Crippen LogP contribution in [0.2, 0.25) is 0 Å². The van der Waals surface area contributed by atoms with Crippen molar-refractivity contribution < 1.29 is 4.42 Å². The van der Waals surface area contributed by atoms with Gasteiger partial charge >= 0.3 is 0 Å². The molecule has 5 heteroatoms. The van der Waals surface area contributed by atoms with Gasteiger partial charge in [0.25, 0.3) is 0 Å². The Morgan fingerprint density at radius 1 is 0.438 bits per heavy atom. The van der Waals surface area contributed by atoms with Crippen LogP contribution in [-0.4, -0.2) is 19.5 Å². The van der Waals surface area contributed by atoms with Crippen LogP contribution in [0.4, 0.5) is 0 Å². The molecule has 0 aliphatic heterocycles. The van der Waals surface area contributed by atoms with Crippen molar-refractivity contribution in [2.45, 2.75) is 12.8 Å². The first-order valence-electron chi connectivity index (χ1n) is 21.9. The number of allylic oxidation sites excluding steroid dienone is 4. The molecule has 0 spiro atoms. The van der Waals surface area contributed by atoms with Gasteiger partial charge in [-0.1, -0.05) is 158 Å². The van der Waals surface area contributed by atoms with Crippen LogP contribution < -0.4 is 0 Å². The minimum Gasteiger partial charge on any atom is -0.454 e. The maximum Gasteiger partial charge on any atom is 0.164 e. The van der Waals surface area contributed by atoms with E-state index < -0.39 is 0 Å². The van der Waals surface area contributed by atoms with E-state index in [1.807, 2.05) is 6.07 Å². The number of aromatic nitrogens is 4. The van der Waals surface area contributed by atoms with Gasteiger partial charge in [-0.05, 0) is 105 Å². The number of hydrogen-bond acceptors (Lipinski definition) is 4. The number of para-hydroxylation sites is 1. The molecule has 0 N–H and O–H groups in total. The normalized spacial score (nSPS) is 12.9. The Morgan fingerprint density at radius 2 is 1.05 bits per heavy atom. The van der Waals surface area contributed by atoms with Crippen molar-refractivity contribution in [3.05, 3.63) is 212 Å². The highest BCUT2D eigenvalue weighted by Crippen LogP contribution is 2.43. The van der Waals surface area contributed by atoms with Crippen molar-refractivity contribution >= 4 is 70.9 Å². The Kier molecular flexibility index (Phi) is 8.28. The molecule has 1 aliphatic rings.